The molecule has 1 N–H and O–H groups in total. The SMILES string of the molecule is O=C(NCc1ccccc1OC(F)(F)F)c1ccc(-n2cccn2)cc1. The molecule has 1 amide bonds. The maximum absolute atomic E-state index is 12.4. The van der Waals surface area contributed by atoms with Crippen molar-refractivity contribution < 1.29 is 22.7 Å². The molecule has 0 atom stereocenters. The van der Waals surface area contributed by atoms with Crippen LogP contribution in [-0.4, -0.2) is 22.1 Å². The molecule has 0 saturated heterocycles. The summed E-state index contributed by atoms with van der Waals surface area (Å²) >= 11 is 0. The summed E-state index contributed by atoms with van der Waals surface area (Å²) in [6.45, 7) is -0.0913. The molecule has 0 aliphatic rings. The molecule has 1 aromatic heterocycles. The fraction of sp³-hybridized carbons (Fsp3) is 0.111. The van der Waals surface area contributed by atoms with Gasteiger partial charge in [-0.2, -0.15) is 5.10 Å². The van der Waals surface area contributed by atoms with E-state index >= 15 is 0 Å². The highest BCUT2D eigenvalue weighted by Gasteiger charge is 2.31. The second-order valence-electron chi connectivity index (χ2n) is 5.34. The third-order valence-corrected chi connectivity index (χ3v) is 3.54. The van der Waals surface area contributed by atoms with E-state index in [1.54, 1.807) is 53.5 Å². The number of nitrogens with zero attached hydrogens (tertiary/aromatic N) is 2. The van der Waals surface area contributed by atoms with Crippen molar-refractivity contribution in [1.29, 1.82) is 0 Å². The molecule has 3 aromatic rings. The van der Waals surface area contributed by atoms with E-state index in [9.17, 15) is 18.0 Å². The smallest absolute Gasteiger partial charge is 0.405 e. The normalized spacial score (nSPS) is 11.2. The summed E-state index contributed by atoms with van der Waals surface area (Å²) in [6, 6.07) is 14.1. The number of carbonyl (C=O) groups excluding carboxylic acids is 1. The van der Waals surface area contributed by atoms with Gasteiger partial charge in [0.15, 0.2) is 0 Å². The second kappa shape index (κ2) is 7.30. The van der Waals surface area contributed by atoms with Crippen LogP contribution in [0.25, 0.3) is 5.69 Å². The van der Waals surface area contributed by atoms with Crippen LogP contribution < -0.4 is 10.1 Å². The Labute approximate surface area is 147 Å². The third kappa shape index (κ3) is 4.41. The van der Waals surface area contributed by atoms with E-state index in [0.29, 0.717) is 5.56 Å². The number of nitrogens with one attached hydrogen (secondary N) is 1. The maximum Gasteiger partial charge on any atom is 0.573 e. The van der Waals surface area contributed by atoms with Gasteiger partial charge < -0.3 is 10.1 Å². The van der Waals surface area contributed by atoms with Gasteiger partial charge in [-0.1, -0.05) is 18.2 Å². The van der Waals surface area contributed by atoms with Crippen molar-refractivity contribution in [1.82, 2.24) is 15.1 Å². The molecule has 3 rings (SSSR count). The van der Waals surface area contributed by atoms with Crippen LogP contribution in [0.1, 0.15) is 15.9 Å². The van der Waals surface area contributed by atoms with Crippen LogP contribution in [0.2, 0.25) is 0 Å². The molecule has 0 aliphatic heterocycles. The fourth-order valence-electron chi connectivity index (χ4n) is 2.34. The molecule has 26 heavy (non-hydrogen) atoms. The molecule has 134 valence electrons. The molecule has 0 saturated carbocycles. The first-order chi connectivity index (χ1) is 12.4. The van der Waals surface area contributed by atoms with Crippen molar-refractivity contribution in [3.05, 3.63) is 78.1 Å². The quantitative estimate of drug-likeness (QED) is 0.754. The fourth-order valence-corrected chi connectivity index (χ4v) is 2.34. The van der Waals surface area contributed by atoms with Gasteiger partial charge in [0.25, 0.3) is 5.91 Å². The second-order valence-corrected chi connectivity index (χ2v) is 5.34. The molecule has 0 fully saturated rings. The van der Waals surface area contributed by atoms with E-state index in [1.807, 2.05) is 0 Å². The van der Waals surface area contributed by atoms with Crippen LogP contribution in [-0.2, 0) is 6.54 Å². The highest BCUT2D eigenvalue weighted by molar-refractivity contribution is 5.94. The van der Waals surface area contributed by atoms with Crippen molar-refractivity contribution in [2.45, 2.75) is 12.9 Å². The molecule has 5 nitrogen and oxygen atoms in total. The Morgan fingerprint density at radius 2 is 1.81 bits per heavy atom. The summed E-state index contributed by atoms with van der Waals surface area (Å²) in [5.41, 5.74) is 1.40. The monoisotopic (exact) mass is 361 g/mol. The lowest BCUT2D eigenvalue weighted by molar-refractivity contribution is -0.274. The maximum atomic E-state index is 12.4. The first-order valence-electron chi connectivity index (χ1n) is 7.64. The van der Waals surface area contributed by atoms with Crippen LogP contribution in [0.4, 0.5) is 13.2 Å². The molecule has 0 aliphatic carbocycles. The standard InChI is InChI=1S/C18H14F3N3O2/c19-18(20,21)26-16-5-2-1-4-14(16)12-22-17(25)13-6-8-15(9-7-13)24-11-3-10-23-24/h1-11H,12H2,(H,22,25). The van der Waals surface area contributed by atoms with E-state index in [-0.39, 0.29) is 17.9 Å². The highest BCUT2D eigenvalue weighted by Crippen LogP contribution is 2.26. The van der Waals surface area contributed by atoms with Gasteiger partial charge in [0.1, 0.15) is 5.75 Å². The van der Waals surface area contributed by atoms with Crippen molar-refractivity contribution in [2.75, 3.05) is 0 Å². The molecule has 0 radical (unpaired) electrons. The van der Waals surface area contributed by atoms with Crippen LogP contribution in [0.15, 0.2) is 67.0 Å². The van der Waals surface area contributed by atoms with Gasteiger partial charge in [-0.25, -0.2) is 4.68 Å². The van der Waals surface area contributed by atoms with Crippen molar-refractivity contribution in [3.8, 4) is 11.4 Å². The van der Waals surface area contributed by atoms with Crippen LogP contribution in [0.5, 0.6) is 5.75 Å². The molecule has 0 spiro atoms. The van der Waals surface area contributed by atoms with Gasteiger partial charge in [0, 0.05) is 30.1 Å². The van der Waals surface area contributed by atoms with Gasteiger partial charge in [-0.3, -0.25) is 4.79 Å². The number of alkyl halides is 3. The number of ether oxygens (including phenoxy) is 1. The molecular formula is C18H14F3N3O2. The number of hydrogen-bond acceptors (Lipinski definition) is 3. The van der Waals surface area contributed by atoms with Crippen LogP contribution >= 0.6 is 0 Å². The molecule has 8 heteroatoms. The number of aromatic nitrogens is 2. The number of hydrogen-bond donors (Lipinski definition) is 1. The zero-order valence-corrected chi connectivity index (χ0v) is 13.4. The zero-order valence-electron chi connectivity index (χ0n) is 13.4. The lowest BCUT2D eigenvalue weighted by Gasteiger charge is -2.13. The molecule has 1 heterocycles. The summed E-state index contributed by atoms with van der Waals surface area (Å²) in [4.78, 5) is 12.2. The van der Waals surface area contributed by atoms with Crippen molar-refractivity contribution >= 4 is 5.91 Å². The average Bonchev–Trinajstić information content (AvgIpc) is 3.14. The number of amides is 1. The van der Waals surface area contributed by atoms with Gasteiger partial charge in [0.05, 0.1) is 5.69 Å². The first kappa shape index (κ1) is 17.5. The molecule has 0 bridgehead atoms. The van der Waals surface area contributed by atoms with Crippen molar-refractivity contribution in [2.24, 2.45) is 0 Å². The van der Waals surface area contributed by atoms with E-state index in [0.717, 1.165) is 5.69 Å². The lowest BCUT2D eigenvalue weighted by atomic mass is 10.1. The predicted molar refractivity (Wildman–Crippen MR) is 87.9 cm³/mol. The summed E-state index contributed by atoms with van der Waals surface area (Å²) in [6.07, 6.45) is -1.38. The number of benzene rings is 2. The predicted octanol–water partition coefficient (Wildman–Crippen LogP) is 3.70. The van der Waals surface area contributed by atoms with Gasteiger partial charge in [0.2, 0.25) is 0 Å². The minimum absolute atomic E-state index is 0.0913. The molecule has 2 aromatic carbocycles. The number of carbonyl (C=O) groups is 1. The van der Waals surface area contributed by atoms with Crippen LogP contribution in [0, 0.1) is 0 Å². The van der Waals surface area contributed by atoms with Gasteiger partial charge in [-0.15, -0.1) is 13.2 Å². The van der Waals surface area contributed by atoms with Crippen LogP contribution in [0.3, 0.4) is 0 Å². The van der Waals surface area contributed by atoms with Gasteiger partial charge >= 0.3 is 6.36 Å². The summed E-state index contributed by atoms with van der Waals surface area (Å²) in [5.74, 6) is -0.742. The summed E-state index contributed by atoms with van der Waals surface area (Å²) < 4.78 is 42.9. The Morgan fingerprint density at radius 3 is 2.46 bits per heavy atom. The van der Waals surface area contributed by atoms with E-state index < -0.39 is 12.3 Å². The summed E-state index contributed by atoms with van der Waals surface area (Å²) in [7, 11) is 0. The Bertz CT molecular complexity index is 875. The Balaban J connectivity index is 1.66. The van der Waals surface area contributed by atoms with E-state index in [4.69, 9.17) is 0 Å². The summed E-state index contributed by atoms with van der Waals surface area (Å²) in [5, 5.41) is 6.67. The average molecular weight is 361 g/mol. The number of halogens is 3. The van der Waals surface area contributed by atoms with Gasteiger partial charge in [-0.05, 0) is 36.4 Å². The Morgan fingerprint density at radius 1 is 1.08 bits per heavy atom. The minimum atomic E-state index is -4.79. The topological polar surface area (TPSA) is 56.1 Å². The highest BCUT2D eigenvalue weighted by atomic mass is 19.4. The Kier molecular flexibility index (Phi) is 4.92. The first-order valence-corrected chi connectivity index (χ1v) is 7.64. The van der Waals surface area contributed by atoms with E-state index in [1.165, 1.54) is 18.2 Å². The molecular weight excluding hydrogens is 347 g/mol. The zero-order chi connectivity index (χ0) is 18.6. The lowest BCUT2D eigenvalue weighted by Crippen LogP contribution is -2.24. The van der Waals surface area contributed by atoms with E-state index in [2.05, 4.69) is 15.2 Å². The number of para-hydroxylation sites is 1. The Hall–Kier alpha value is -3.29. The molecule has 0 unspecified atom stereocenters. The number of rotatable bonds is 5. The van der Waals surface area contributed by atoms with Crippen molar-refractivity contribution in [3.63, 3.8) is 0 Å². The largest absolute Gasteiger partial charge is 0.573 e. The third-order valence-electron chi connectivity index (χ3n) is 3.54. The minimum Gasteiger partial charge on any atom is -0.405 e.